The van der Waals surface area contributed by atoms with Gasteiger partial charge in [0.05, 0.1) is 0 Å². The van der Waals surface area contributed by atoms with Crippen LogP contribution in [0.1, 0.15) is 16.2 Å². The van der Waals surface area contributed by atoms with Gasteiger partial charge in [-0.05, 0) is 19.1 Å². The summed E-state index contributed by atoms with van der Waals surface area (Å²) in [4.78, 5) is 14.6. The third-order valence-electron chi connectivity index (χ3n) is 1.99. The van der Waals surface area contributed by atoms with Gasteiger partial charge < -0.3 is 5.11 Å². The smallest absolute Gasteiger partial charge is 0.357 e. The summed E-state index contributed by atoms with van der Waals surface area (Å²) in [5.41, 5.74) is 1.29. The maximum absolute atomic E-state index is 10.7. The minimum absolute atomic E-state index is 0.110. The number of aromatic nitrogens is 2. The molecule has 2 rings (SSSR count). The zero-order valence-electron chi connectivity index (χ0n) is 7.36. The van der Waals surface area contributed by atoms with Gasteiger partial charge in [-0.15, -0.1) is 0 Å². The van der Waals surface area contributed by atoms with E-state index in [0.29, 0.717) is 5.65 Å². The molecule has 0 bridgehead atoms. The Labute approximate surface area is 84.8 Å². The molecule has 1 N–H and O–H groups in total. The second kappa shape index (κ2) is 2.99. The predicted molar refractivity (Wildman–Crippen MR) is 51.9 cm³/mol. The quantitative estimate of drug-likeness (QED) is 0.783. The molecule has 0 radical (unpaired) electrons. The van der Waals surface area contributed by atoms with Crippen LogP contribution in [0.15, 0.2) is 18.2 Å². The van der Waals surface area contributed by atoms with E-state index in [1.165, 1.54) is 0 Å². The summed E-state index contributed by atoms with van der Waals surface area (Å²) in [7, 11) is 0. The van der Waals surface area contributed by atoms with Gasteiger partial charge in [0.2, 0.25) is 0 Å². The van der Waals surface area contributed by atoms with Crippen molar-refractivity contribution in [1.82, 2.24) is 9.38 Å². The Morgan fingerprint density at radius 1 is 1.57 bits per heavy atom. The standard InChI is InChI=1S/C9H7ClN2O2/c1-5-3-2-4-6-11-7(9(13)14)8(10)12(5)6/h2-4H,1H3,(H,13,14). The number of carbonyl (C=O) groups is 1. The highest BCUT2D eigenvalue weighted by molar-refractivity contribution is 6.32. The Kier molecular flexibility index (Phi) is 1.93. The maximum Gasteiger partial charge on any atom is 0.357 e. The molecule has 0 fully saturated rings. The third kappa shape index (κ3) is 1.15. The fourth-order valence-corrected chi connectivity index (χ4v) is 1.69. The molecule has 0 aromatic carbocycles. The van der Waals surface area contributed by atoms with Gasteiger partial charge in [-0.1, -0.05) is 17.7 Å². The van der Waals surface area contributed by atoms with Gasteiger partial charge in [0.1, 0.15) is 10.8 Å². The molecular weight excluding hydrogens is 204 g/mol. The number of aryl methyl sites for hydroxylation is 1. The topological polar surface area (TPSA) is 54.6 Å². The molecule has 4 nitrogen and oxygen atoms in total. The number of imidazole rings is 1. The number of hydrogen-bond acceptors (Lipinski definition) is 2. The second-order valence-corrected chi connectivity index (χ2v) is 3.28. The summed E-state index contributed by atoms with van der Waals surface area (Å²) in [5.74, 6) is -1.11. The Bertz CT molecular complexity index is 519. The fraction of sp³-hybridized carbons (Fsp3) is 0.111. The van der Waals surface area contributed by atoms with E-state index in [1.807, 2.05) is 13.0 Å². The van der Waals surface area contributed by atoms with Crippen molar-refractivity contribution in [2.24, 2.45) is 0 Å². The van der Waals surface area contributed by atoms with Gasteiger partial charge in [0.15, 0.2) is 5.69 Å². The number of rotatable bonds is 1. The van der Waals surface area contributed by atoms with Crippen LogP contribution in [-0.2, 0) is 0 Å². The molecule has 5 heteroatoms. The molecule has 2 heterocycles. The van der Waals surface area contributed by atoms with Crippen LogP contribution in [0.3, 0.4) is 0 Å². The van der Waals surface area contributed by atoms with Crippen LogP contribution in [0, 0.1) is 6.92 Å². The van der Waals surface area contributed by atoms with Crippen LogP contribution >= 0.6 is 11.6 Å². The van der Waals surface area contributed by atoms with Crippen molar-refractivity contribution in [2.75, 3.05) is 0 Å². The van der Waals surface area contributed by atoms with E-state index in [9.17, 15) is 4.79 Å². The molecule has 0 amide bonds. The second-order valence-electron chi connectivity index (χ2n) is 2.92. The van der Waals surface area contributed by atoms with Crippen LogP contribution in [0.25, 0.3) is 5.65 Å². The zero-order valence-corrected chi connectivity index (χ0v) is 8.12. The first-order chi connectivity index (χ1) is 6.61. The molecular formula is C9H7ClN2O2. The van der Waals surface area contributed by atoms with E-state index in [-0.39, 0.29) is 10.8 Å². The van der Waals surface area contributed by atoms with Gasteiger partial charge in [-0.25, -0.2) is 9.78 Å². The van der Waals surface area contributed by atoms with Crippen molar-refractivity contribution in [1.29, 1.82) is 0 Å². The molecule has 0 saturated heterocycles. The lowest BCUT2D eigenvalue weighted by Crippen LogP contribution is -1.97. The first kappa shape index (κ1) is 9.02. The lowest BCUT2D eigenvalue weighted by molar-refractivity contribution is 0.0691. The van der Waals surface area contributed by atoms with Gasteiger partial charge >= 0.3 is 5.97 Å². The third-order valence-corrected chi connectivity index (χ3v) is 2.33. The number of carboxylic acids is 1. The normalized spacial score (nSPS) is 10.7. The first-order valence-electron chi connectivity index (χ1n) is 3.98. The van der Waals surface area contributed by atoms with Crippen LogP contribution < -0.4 is 0 Å². The van der Waals surface area contributed by atoms with Crippen molar-refractivity contribution in [3.8, 4) is 0 Å². The Morgan fingerprint density at radius 2 is 2.29 bits per heavy atom. The van der Waals surface area contributed by atoms with Crippen molar-refractivity contribution in [3.63, 3.8) is 0 Å². The summed E-state index contributed by atoms with van der Waals surface area (Å²) in [6, 6.07) is 5.36. The minimum atomic E-state index is -1.11. The summed E-state index contributed by atoms with van der Waals surface area (Å²) in [5, 5.41) is 8.94. The Hall–Kier alpha value is -1.55. The molecule has 0 spiro atoms. The summed E-state index contributed by atoms with van der Waals surface area (Å²) in [6.07, 6.45) is 0. The first-order valence-corrected chi connectivity index (χ1v) is 4.36. The number of halogens is 1. The largest absolute Gasteiger partial charge is 0.476 e. The maximum atomic E-state index is 10.7. The molecule has 0 atom stereocenters. The molecule has 2 aromatic rings. The molecule has 14 heavy (non-hydrogen) atoms. The SMILES string of the molecule is Cc1cccc2nc(C(=O)O)c(Cl)n12. The summed E-state index contributed by atoms with van der Waals surface area (Å²) < 4.78 is 1.60. The Morgan fingerprint density at radius 3 is 2.86 bits per heavy atom. The van der Waals surface area contributed by atoms with Crippen LogP contribution in [0.2, 0.25) is 5.15 Å². The van der Waals surface area contributed by atoms with E-state index in [2.05, 4.69) is 4.98 Å². The average molecular weight is 211 g/mol. The molecule has 0 aliphatic heterocycles. The molecule has 0 aliphatic carbocycles. The highest BCUT2D eigenvalue weighted by atomic mass is 35.5. The van der Waals surface area contributed by atoms with Crippen molar-refractivity contribution in [2.45, 2.75) is 6.92 Å². The van der Waals surface area contributed by atoms with E-state index >= 15 is 0 Å². The number of nitrogens with zero attached hydrogens (tertiary/aromatic N) is 2. The van der Waals surface area contributed by atoms with Gasteiger partial charge in [-0.2, -0.15) is 0 Å². The number of aromatic carboxylic acids is 1. The van der Waals surface area contributed by atoms with Crippen LogP contribution in [0.4, 0.5) is 0 Å². The highest BCUT2D eigenvalue weighted by Gasteiger charge is 2.16. The lowest BCUT2D eigenvalue weighted by Gasteiger charge is -1.98. The summed E-state index contributed by atoms with van der Waals surface area (Å²) in [6.45, 7) is 1.84. The van der Waals surface area contributed by atoms with Gasteiger partial charge in [0.25, 0.3) is 0 Å². The number of carboxylic acid groups (broad SMARTS) is 1. The number of fused-ring (bicyclic) bond motifs is 1. The monoisotopic (exact) mass is 210 g/mol. The molecule has 0 unspecified atom stereocenters. The molecule has 0 aliphatic rings. The van der Waals surface area contributed by atoms with Crippen LogP contribution in [-0.4, -0.2) is 20.5 Å². The Balaban J connectivity index is 2.87. The van der Waals surface area contributed by atoms with Gasteiger partial charge in [-0.3, -0.25) is 4.40 Å². The van der Waals surface area contributed by atoms with E-state index in [1.54, 1.807) is 16.5 Å². The molecule has 72 valence electrons. The zero-order chi connectivity index (χ0) is 10.3. The van der Waals surface area contributed by atoms with Crippen molar-refractivity contribution >= 4 is 23.2 Å². The van der Waals surface area contributed by atoms with Crippen molar-refractivity contribution in [3.05, 3.63) is 34.7 Å². The number of pyridine rings is 1. The van der Waals surface area contributed by atoms with E-state index in [0.717, 1.165) is 5.69 Å². The average Bonchev–Trinajstić information content (AvgIpc) is 2.45. The summed E-state index contributed by atoms with van der Waals surface area (Å²) >= 11 is 5.88. The molecule has 2 aromatic heterocycles. The number of hydrogen-bond donors (Lipinski definition) is 1. The lowest BCUT2D eigenvalue weighted by atomic mass is 10.4. The van der Waals surface area contributed by atoms with E-state index in [4.69, 9.17) is 16.7 Å². The minimum Gasteiger partial charge on any atom is -0.476 e. The van der Waals surface area contributed by atoms with Crippen LogP contribution in [0.5, 0.6) is 0 Å². The van der Waals surface area contributed by atoms with E-state index < -0.39 is 5.97 Å². The predicted octanol–water partition coefficient (Wildman–Crippen LogP) is 1.99. The van der Waals surface area contributed by atoms with Crippen molar-refractivity contribution < 1.29 is 9.90 Å². The molecule has 0 saturated carbocycles. The fourth-order valence-electron chi connectivity index (χ4n) is 1.35. The van der Waals surface area contributed by atoms with Gasteiger partial charge in [0, 0.05) is 5.69 Å². The highest BCUT2D eigenvalue weighted by Crippen LogP contribution is 2.19.